The van der Waals surface area contributed by atoms with Gasteiger partial charge in [0.2, 0.25) is 0 Å². The Morgan fingerprint density at radius 1 is 1.54 bits per heavy atom. The van der Waals surface area contributed by atoms with Crippen molar-refractivity contribution in [2.75, 3.05) is 0 Å². The van der Waals surface area contributed by atoms with Crippen LogP contribution in [0.25, 0.3) is 5.65 Å². The maximum absolute atomic E-state index is 4.51. The van der Waals surface area contributed by atoms with E-state index >= 15 is 0 Å². The number of halogens is 1. The van der Waals surface area contributed by atoms with Crippen LogP contribution in [0.3, 0.4) is 0 Å². The zero-order chi connectivity index (χ0) is 9.42. The van der Waals surface area contributed by atoms with Crippen molar-refractivity contribution in [2.45, 2.75) is 20.3 Å². The van der Waals surface area contributed by atoms with Crippen molar-refractivity contribution in [1.29, 1.82) is 0 Å². The van der Waals surface area contributed by atoms with E-state index in [2.05, 4.69) is 51.3 Å². The third kappa shape index (κ3) is 1.37. The number of imidazole rings is 1. The molecular formula is C10H11BrN2. The van der Waals surface area contributed by atoms with Gasteiger partial charge in [0.25, 0.3) is 0 Å². The van der Waals surface area contributed by atoms with Crippen LogP contribution in [0.1, 0.15) is 18.2 Å². The zero-order valence-electron chi connectivity index (χ0n) is 7.71. The van der Waals surface area contributed by atoms with Crippen molar-refractivity contribution in [2.24, 2.45) is 0 Å². The van der Waals surface area contributed by atoms with Crippen molar-refractivity contribution in [3.8, 4) is 0 Å². The van der Waals surface area contributed by atoms with Gasteiger partial charge in [-0.05, 0) is 47.0 Å². The summed E-state index contributed by atoms with van der Waals surface area (Å²) in [6.07, 6.45) is 3.00. The van der Waals surface area contributed by atoms with E-state index in [4.69, 9.17) is 0 Å². The predicted molar refractivity (Wildman–Crippen MR) is 57.0 cm³/mol. The average Bonchev–Trinajstić information content (AvgIpc) is 2.42. The summed E-state index contributed by atoms with van der Waals surface area (Å²) in [5.41, 5.74) is 3.38. The Bertz CT molecular complexity index is 445. The van der Waals surface area contributed by atoms with Gasteiger partial charge in [0.15, 0.2) is 0 Å². The van der Waals surface area contributed by atoms with Gasteiger partial charge in [0.05, 0.1) is 5.69 Å². The molecule has 13 heavy (non-hydrogen) atoms. The first-order valence-electron chi connectivity index (χ1n) is 4.35. The number of pyridine rings is 1. The second-order valence-electron chi connectivity index (χ2n) is 3.14. The third-order valence-corrected chi connectivity index (χ3v) is 2.96. The molecule has 0 saturated carbocycles. The average molecular weight is 239 g/mol. The highest BCUT2D eigenvalue weighted by atomic mass is 79.9. The summed E-state index contributed by atoms with van der Waals surface area (Å²) in [6.45, 7) is 4.19. The maximum atomic E-state index is 4.51. The minimum atomic E-state index is 0.960. The van der Waals surface area contributed by atoms with E-state index in [1.54, 1.807) is 0 Å². The van der Waals surface area contributed by atoms with E-state index < -0.39 is 0 Å². The largest absolute Gasteiger partial charge is 0.294 e. The van der Waals surface area contributed by atoms with Crippen LogP contribution in [0.5, 0.6) is 0 Å². The molecule has 0 aliphatic carbocycles. The van der Waals surface area contributed by atoms with Gasteiger partial charge in [-0.25, -0.2) is 4.98 Å². The van der Waals surface area contributed by atoms with Crippen LogP contribution in [0.4, 0.5) is 0 Å². The van der Waals surface area contributed by atoms with Gasteiger partial charge in [-0.2, -0.15) is 0 Å². The van der Waals surface area contributed by atoms with Crippen LogP contribution in [0, 0.1) is 6.92 Å². The summed E-state index contributed by atoms with van der Waals surface area (Å²) in [6, 6.07) is 4.17. The highest BCUT2D eigenvalue weighted by Crippen LogP contribution is 2.19. The summed E-state index contributed by atoms with van der Waals surface area (Å²) >= 11 is 3.54. The second kappa shape index (κ2) is 3.14. The molecule has 2 heterocycles. The summed E-state index contributed by atoms with van der Waals surface area (Å²) < 4.78 is 3.14. The molecule has 3 heteroatoms. The van der Waals surface area contributed by atoms with Gasteiger partial charge in [-0.15, -0.1) is 0 Å². The first-order valence-corrected chi connectivity index (χ1v) is 5.14. The number of aryl methyl sites for hydroxylation is 2. The summed E-state index contributed by atoms with van der Waals surface area (Å²) in [4.78, 5) is 4.51. The van der Waals surface area contributed by atoms with Crippen molar-refractivity contribution in [3.63, 3.8) is 0 Å². The Morgan fingerprint density at radius 2 is 2.31 bits per heavy atom. The van der Waals surface area contributed by atoms with Crippen molar-refractivity contribution in [3.05, 3.63) is 34.2 Å². The molecule has 0 atom stereocenters. The Labute approximate surface area is 85.7 Å². The number of hydrogen-bond donors (Lipinski definition) is 0. The fourth-order valence-electron chi connectivity index (χ4n) is 1.39. The molecule has 0 N–H and O–H groups in total. The van der Waals surface area contributed by atoms with E-state index in [1.807, 2.05) is 6.20 Å². The Balaban J connectivity index is 2.76. The van der Waals surface area contributed by atoms with Crippen LogP contribution in [-0.4, -0.2) is 9.38 Å². The lowest BCUT2D eigenvalue weighted by Gasteiger charge is -1.95. The number of rotatable bonds is 1. The molecule has 0 unspecified atom stereocenters. The highest BCUT2D eigenvalue weighted by molar-refractivity contribution is 9.10. The molecule has 0 fully saturated rings. The Morgan fingerprint density at radius 3 is 3.00 bits per heavy atom. The molecule has 0 aliphatic heterocycles. The molecular weight excluding hydrogens is 228 g/mol. The Kier molecular flexibility index (Phi) is 2.12. The van der Waals surface area contributed by atoms with Gasteiger partial charge < -0.3 is 0 Å². The maximum Gasteiger partial charge on any atom is 0.138 e. The molecule has 2 nitrogen and oxygen atoms in total. The molecule has 0 saturated heterocycles. The van der Waals surface area contributed by atoms with Crippen LogP contribution >= 0.6 is 15.9 Å². The molecule has 0 amide bonds. The monoisotopic (exact) mass is 238 g/mol. The first kappa shape index (κ1) is 8.75. The smallest absolute Gasteiger partial charge is 0.138 e. The number of aromatic nitrogens is 2. The molecule has 2 aromatic heterocycles. The minimum absolute atomic E-state index is 0.960. The van der Waals surface area contributed by atoms with Gasteiger partial charge in [0, 0.05) is 6.20 Å². The second-order valence-corrected chi connectivity index (χ2v) is 3.89. The topological polar surface area (TPSA) is 17.3 Å². The van der Waals surface area contributed by atoms with Crippen molar-refractivity contribution in [1.82, 2.24) is 9.38 Å². The van der Waals surface area contributed by atoms with E-state index in [-0.39, 0.29) is 0 Å². The molecule has 2 rings (SSSR count). The van der Waals surface area contributed by atoms with E-state index in [0.29, 0.717) is 0 Å². The number of fused-ring (bicyclic) bond motifs is 1. The predicted octanol–water partition coefficient (Wildman–Crippen LogP) is 2.97. The van der Waals surface area contributed by atoms with Crippen LogP contribution in [-0.2, 0) is 6.42 Å². The third-order valence-electron chi connectivity index (χ3n) is 2.12. The molecule has 68 valence electrons. The van der Waals surface area contributed by atoms with Gasteiger partial charge >= 0.3 is 0 Å². The van der Waals surface area contributed by atoms with E-state index in [0.717, 1.165) is 22.4 Å². The van der Waals surface area contributed by atoms with E-state index in [9.17, 15) is 0 Å². The lowest BCUT2D eigenvalue weighted by atomic mass is 10.3. The van der Waals surface area contributed by atoms with E-state index in [1.165, 1.54) is 5.56 Å². The lowest BCUT2D eigenvalue weighted by molar-refractivity contribution is 1.05. The van der Waals surface area contributed by atoms with Crippen LogP contribution in [0.2, 0.25) is 0 Å². The summed E-state index contributed by atoms with van der Waals surface area (Å²) in [5, 5.41) is 0. The van der Waals surface area contributed by atoms with Gasteiger partial charge in [-0.1, -0.05) is 6.92 Å². The molecule has 2 aromatic rings. The van der Waals surface area contributed by atoms with Crippen molar-refractivity contribution < 1.29 is 0 Å². The summed E-state index contributed by atoms with van der Waals surface area (Å²) in [5.74, 6) is 0. The normalized spacial score (nSPS) is 11.0. The highest BCUT2D eigenvalue weighted by Gasteiger charge is 2.06. The fourth-order valence-corrected chi connectivity index (χ4v) is 2.06. The molecule has 0 bridgehead atoms. The molecule has 0 spiro atoms. The number of hydrogen-bond acceptors (Lipinski definition) is 1. The quantitative estimate of drug-likeness (QED) is 0.747. The van der Waals surface area contributed by atoms with Crippen molar-refractivity contribution >= 4 is 21.6 Å². The molecule has 0 aliphatic rings. The molecule has 0 aromatic carbocycles. The number of nitrogens with zero attached hydrogens (tertiary/aromatic N) is 2. The van der Waals surface area contributed by atoms with Crippen LogP contribution in [0.15, 0.2) is 22.9 Å². The molecule has 0 radical (unpaired) electrons. The fraction of sp³-hybridized carbons (Fsp3) is 0.300. The van der Waals surface area contributed by atoms with Gasteiger partial charge in [-0.3, -0.25) is 4.40 Å². The SMILES string of the molecule is CCc1nc2cc(C)ccn2c1Br. The minimum Gasteiger partial charge on any atom is -0.294 e. The first-order chi connectivity index (χ1) is 6.22. The standard InChI is InChI=1S/C10H11BrN2/c1-3-8-10(11)13-5-4-7(2)6-9(13)12-8/h4-6H,3H2,1-2H3. The van der Waals surface area contributed by atoms with Crippen LogP contribution < -0.4 is 0 Å². The summed E-state index contributed by atoms with van der Waals surface area (Å²) in [7, 11) is 0. The van der Waals surface area contributed by atoms with Gasteiger partial charge in [0.1, 0.15) is 10.3 Å². The zero-order valence-corrected chi connectivity index (χ0v) is 9.30. The Hall–Kier alpha value is -0.830. The lowest BCUT2D eigenvalue weighted by Crippen LogP contribution is -1.84.